The fourth-order valence-electron chi connectivity index (χ4n) is 2.62. The van der Waals surface area contributed by atoms with Crippen molar-refractivity contribution in [2.75, 3.05) is 13.1 Å². The molecule has 1 aromatic carbocycles. The normalized spacial score (nSPS) is 22.3. The van der Waals surface area contributed by atoms with Crippen LogP contribution < -0.4 is 5.73 Å². The van der Waals surface area contributed by atoms with Gasteiger partial charge >= 0.3 is 5.69 Å². The second kappa shape index (κ2) is 6.86. The van der Waals surface area contributed by atoms with E-state index >= 15 is 0 Å². The summed E-state index contributed by atoms with van der Waals surface area (Å²) in [5, 5.41) is 11.0. The maximum atomic E-state index is 13.6. The SMILES string of the molecule is CC1CC(CN)CN1S(=O)(=O)c1cccc(F)c1[N+](=O)[O-].Cl. The van der Waals surface area contributed by atoms with E-state index in [9.17, 15) is 22.9 Å². The Balaban J connectivity index is 0.00000242. The van der Waals surface area contributed by atoms with Crippen molar-refractivity contribution in [1.29, 1.82) is 0 Å². The average molecular weight is 354 g/mol. The highest BCUT2D eigenvalue weighted by Crippen LogP contribution is 2.34. The molecule has 22 heavy (non-hydrogen) atoms. The zero-order valence-electron chi connectivity index (χ0n) is 11.8. The first-order valence-electron chi connectivity index (χ1n) is 6.43. The topological polar surface area (TPSA) is 107 Å². The van der Waals surface area contributed by atoms with E-state index < -0.39 is 31.3 Å². The molecule has 0 radical (unpaired) electrons. The maximum Gasteiger partial charge on any atom is 0.324 e. The first-order chi connectivity index (χ1) is 9.78. The highest BCUT2D eigenvalue weighted by Gasteiger charge is 2.41. The summed E-state index contributed by atoms with van der Waals surface area (Å²) >= 11 is 0. The molecule has 2 rings (SSSR count). The van der Waals surface area contributed by atoms with Crippen LogP contribution in [0.15, 0.2) is 23.1 Å². The van der Waals surface area contributed by atoms with Gasteiger partial charge in [0, 0.05) is 12.6 Å². The molecule has 0 bridgehead atoms. The Morgan fingerprint density at radius 1 is 1.50 bits per heavy atom. The molecular formula is C12H17ClFN3O4S. The minimum atomic E-state index is -4.13. The highest BCUT2D eigenvalue weighted by atomic mass is 35.5. The molecule has 1 aliphatic rings. The number of rotatable bonds is 4. The van der Waals surface area contributed by atoms with Crippen molar-refractivity contribution in [3.05, 3.63) is 34.1 Å². The van der Waals surface area contributed by atoms with Crippen molar-refractivity contribution in [3.63, 3.8) is 0 Å². The number of nitrogens with two attached hydrogens (primary N) is 1. The number of hydrogen-bond acceptors (Lipinski definition) is 5. The Hall–Kier alpha value is -1.29. The van der Waals surface area contributed by atoms with Crippen molar-refractivity contribution in [3.8, 4) is 0 Å². The number of nitro benzene ring substituents is 1. The van der Waals surface area contributed by atoms with Crippen LogP contribution in [0.25, 0.3) is 0 Å². The number of nitro groups is 1. The molecule has 2 unspecified atom stereocenters. The Morgan fingerprint density at radius 3 is 2.64 bits per heavy atom. The van der Waals surface area contributed by atoms with Crippen LogP contribution in [-0.2, 0) is 10.0 Å². The van der Waals surface area contributed by atoms with E-state index in [4.69, 9.17) is 5.73 Å². The monoisotopic (exact) mass is 353 g/mol. The Kier molecular flexibility index (Phi) is 5.85. The van der Waals surface area contributed by atoms with Crippen LogP contribution in [0, 0.1) is 21.8 Å². The lowest BCUT2D eigenvalue weighted by Crippen LogP contribution is -2.35. The molecule has 0 aliphatic carbocycles. The van der Waals surface area contributed by atoms with E-state index in [1.165, 1.54) is 0 Å². The van der Waals surface area contributed by atoms with Crippen molar-refractivity contribution >= 4 is 28.1 Å². The molecule has 2 N–H and O–H groups in total. The lowest BCUT2D eigenvalue weighted by molar-refractivity contribution is -0.390. The molecule has 2 atom stereocenters. The number of hydrogen-bond donors (Lipinski definition) is 1. The third-order valence-corrected chi connectivity index (χ3v) is 5.67. The van der Waals surface area contributed by atoms with Gasteiger partial charge in [-0.15, -0.1) is 12.4 Å². The summed E-state index contributed by atoms with van der Waals surface area (Å²) in [5.74, 6) is -1.16. The molecule has 0 saturated carbocycles. The summed E-state index contributed by atoms with van der Waals surface area (Å²) in [4.78, 5) is 9.34. The molecule has 1 fully saturated rings. The molecule has 1 saturated heterocycles. The second-order valence-corrected chi connectivity index (χ2v) is 6.96. The van der Waals surface area contributed by atoms with Crippen LogP contribution in [-0.4, -0.2) is 36.8 Å². The van der Waals surface area contributed by atoms with Crippen LogP contribution >= 0.6 is 12.4 Å². The third kappa shape index (κ3) is 3.22. The van der Waals surface area contributed by atoms with E-state index in [1.807, 2.05) is 0 Å². The molecule has 1 aliphatic heterocycles. The third-order valence-electron chi connectivity index (χ3n) is 3.66. The maximum absolute atomic E-state index is 13.6. The predicted octanol–water partition coefficient (Wildman–Crippen LogP) is 1.51. The molecule has 7 nitrogen and oxygen atoms in total. The van der Waals surface area contributed by atoms with E-state index in [1.54, 1.807) is 6.92 Å². The smallest absolute Gasteiger partial charge is 0.324 e. The van der Waals surface area contributed by atoms with E-state index in [-0.39, 0.29) is 30.9 Å². The molecule has 10 heteroatoms. The summed E-state index contributed by atoms with van der Waals surface area (Å²) in [7, 11) is -4.13. The van der Waals surface area contributed by atoms with Crippen molar-refractivity contribution in [1.82, 2.24) is 4.31 Å². The van der Waals surface area contributed by atoms with Gasteiger partial charge < -0.3 is 5.73 Å². The van der Waals surface area contributed by atoms with Gasteiger partial charge in [0.1, 0.15) is 0 Å². The number of benzene rings is 1. The summed E-state index contributed by atoms with van der Waals surface area (Å²) in [5.41, 5.74) is 4.54. The van der Waals surface area contributed by atoms with Gasteiger partial charge in [-0.25, -0.2) is 8.42 Å². The Labute approximate surface area is 133 Å². The zero-order valence-corrected chi connectivity index (χ0v) is 13.4. The summed E-state index contributed by atoms with van der Waals surface area (Å²) < 4.78 is 40.0. The molecule has 0 spiro atoms. The van der Waals surface area contributed by atoms with Gasteiger partial charge in [0.25, 0.3) is 0 Å². The minimum absolute atomic E-state index is 0. The highest BCUT2D eigenvalue weighted by molar-refractivity contribution is 7.89. The first-order valence-corrected chi connectivity index (χ1v) is 7.87. The molecule has 1 heterocycles. The van der Waals surface area contributed by atoms with Gasteiger partial charge in [0.2, 0.25) is 15.8 Å². The molecule has 124 valence electrons. The standard InChI is InChI=1S/C12H16FN3O4S.ClH/c1-8-5-9(6-14)7-15(8)21(19,20)11-4-2-3-10(13)12(11)16(17)18;/h2-4,8-9H,5-7,14H2,1H3;1H. The van der Waals surface area contributed by atoms with Gasteiger partial charge in [-0.05, 0) is 37.9 Å². The van der Waals surface area contributed by atoms with Crippen molar-refractivity contribution in [2.45, 2.75) is 24.3 Å². The van der Waals surface area contributed by atoms with Crippen molar-refractivity contribution < 1.29 is 17.7 Å². The molecular weight excluding hydrogens is 337 g/mol. The van der Waals surface area contributed by atoms with E-state index in [0.29, 0.717) is 13.0 Å². The van der Waals surface area contributed by atoms with Gasteiger partial charge in [0.05, 0.1) is 4.92 Å². The fraction of sp³-hybridized carbons (Fsp3) is 0.500. The second-order valence-electron chi connectivity index (χ2n) is 5.10. The number of halogens is 2. The number of nitrogens with zero attached hydrogens (tertiary/aromatic N) is 2. The van der Waals surface area contributed by atoms with E-state index in [2.05, 4.69) is 0 Å². The van der Waals surface area contributed by atoms with Crippen LogP contribution in [0.4, 0.5) is 10.1 Å². The van der Waals surface area contributed by atoms with Crippen LogP contribution in [0.5, 0.6) is 0 Å². The van der Waals surface area contributed by atoms with Gasteiger partial charge in [-0.1, -0.05) is 6.07 Å². The van der Waals surface area contributed by atoms with Gasteiger partial charge in [-0.3, -0.25) is 10.1 Å². The van der Waals surface area contributed by atoms with Gasteiger partial charge in [0.15, 0.2) is 4.90 Å². The number of para-hydroxylation sites is 1. The number of sulfonamides is 1. The first kappa shape index (κ1) is 18.8. The van der Waals surface area contributed by atoms with Crippen LogP contribution in [0.3, 0.4) is 0 Å². The predicted molar refractivity (Wildman–Crippen MR) is 80.8 cm³/mol. The van der Waals surface area contributed by atoms with Crippen molar-refractivity contribution in [2.24, 2.45) is 11.7 Å². The minimum Gasteiger partial charge on any atom is -0.330 e. The Bertz CT molecular complexity index is 670. The van der Waals surface area contributed by atoms with Gasteiger partial charge in [-0.2, -0.15) is 8.70 Å². The average Bonchev–Trinajstić information content (AvgIpc) is 2.80. The summed E-state index contributed by atoms with van der Waals surface area (Å²) in [6, 6.07) is 2.74. The summed E-state index contributed by atoms with van der Waals surface area (Å²) in [6.45, 7) is 2.23. The Morgan fingerprint density at radius 2 is 2.14 bits per heavy atom. The largest absolute Gasteiger partial charge is 0.330 e. The van der Waals surface area contributed by atoms with E-state index in [0.717, 1.165) is 22.5 Å². The lowest BCUT2D eigenvalue weighted by Gasteiger charge is -2.20. The van der Waals surface area contributed by atoms with Crippen LogP contribution in [0.1, 0.15) is 13.3 Å². The zero-order chi connectivity index (χ0) is 15.8. The fourth-order valence-corrected chi connectivity index (χ4v) is 4.51. The molecule has 1 aromatic rings. The quantitative estimate of drug-likeness (QED) is 0.652. The summed E-state index contributed by atoms with van der Waals surface area (Å²) in [6.07, 6.45) is 0.582. The molecule has 0 aromatic heterocycles. The molecule has 0 amide bonds. The lowest BCUT2D eigenvalue weighted by atomic mass is 10.1. The van der Waals surface area contributed by atoms with Crippen LogP contribution in [0.2, 0.25) is 0 Å².